The molecule has 2 N–H and O–H groups in total. The first-order valence-corrected chi connectivity index (χ1v) is 5.50. The molecule has 17 heavy (non-hydrogen) atoms. The number of nitrogens with one attached hydrogen (secondary N) is 2. The maximum Gasteiger partial charge on any atom is 0.325 e. The van der Waals surface area contributed by atoms with Crippen molar-refractivity contribution in [3.63, 3.8) is 0 Å². The van der Waals surface area contributed by atoms with Crippen LogP contribution in [0.1, 0.15) is 6.92 Å². The van der Waals surface area contributed by atoms with Gasteiger partial charge in [-0.2, -0.15) is 0 Å². The number of rotatable bonds is 0. The van der Waals surface area contributed by atoms with Crippen LogP contribution in [0.15, 0.2) is 24.3 Å². The summed E-state index contributed by atoms with van der Waals surface area (Å²) in [6.07, 6.45) is 1.77. The Labute approximate surface area is 98.2 Å². The highest BCUT2D eigenvalue weighted by molar-refractivity contribution is 5.88. The quantitative estimate of drug-likeness (QED) is 0.683. The predicted octanol–water partition coefficient (Wildman–Crippen LogP) is 0.689. The van der Waals surface area contributed by atoms with Crippen LogP contribution < -0.4 is 15.9 Å². The number of aromatic nitrogens is 1. The number of carbonyl (C=O) groups excluding carboxylic acids is 1. The SMILES string of the molecule is CC1=c2[nH]c3ccccc3c2=CNC(=O)N1C. The van der Waals surface area contributed by atoms with E-state index in [1.54, 1.807) is 18.1 Å². The fraction of sp³-hybridized carbons (Fsp3) is 0.154. The van der Waals surface area contributed by atoms with Crippen LogP contribution in [0.4, 0.5) is 4.79 Å². The number of hydrogen-bond acceptors (Lipinski definition) is 1. The Kier molecular flexibility index (Phi) is 1.98. The molecular formula is C13H13N3O. The van der Waals surface area contributed by atoms with Gasteiger partial charge in [0.05, 0.1) is 5.35 Å². The van der Waals surface area contributed by atoms with Gasteiger partial charge in [0.1, 0.15) is 0 Å². The molecular weight excluding hydrogens is 214 g/mol. The lowest BCUT2D eigenvalue weighted by Gasteiger charge is -2.14. The number of H-pyrrole nitrogens is 1. The molecule has 0 spiro atoms. The summed E-state index contributed by atoms with van der Waals surface area (Å²) in [5.74, 6) is 0. The van der Waals surface area contributed by atoms with Crippen molar-refractivity contribution in [1.29, 1.82) is 0 Å². The average Bonchev–Trinajstić information content (AvgIpc) is 2.68. The number of hydrogen-bond donors (Lipinski definition) is 2. The van der Waals surface area contributed by atoms with Crippen LogP contribution in [0.2, 0.25) is 0 Å². The molecule has 3 rings (SSSR count). The monoisotopic (exact) mass is 227 g/mol. The normalized spacial score (nSPS) is 15.3. The topological polar surface area (TPSA) is 48.1 Å². The molecule has 1 aromatic heterocycles. The average molecular weight is 227 g/mol. The van der Waals surface area contributed by atoms with Gasteiger partial charge < -0.3 is 10.3 Å². The predicted molar refractivity (Wildman–Crippen MR) is 67.4 cm³/mol. The van der Waals surface area contributed by atoms with E-state index in [9.17, 15) is 4.79 Å². The van der Waals surface area contributed by atoms with E-state index in [-0.39, 0.29) is 6.03 Å². The molecule has 2 amide bonds. The van der Waals surface area contributed by atoms with E-state index in [2.05, 4.69) is 10.3 Å². The van der Waals surface area contributed by atoms with Gasteiger partial charge in [0.2, 0.25) is 0 Å². The Hall–Kier alpha value is -2.23. The van der Waals surface area contributed by atoms with Crippen molar-refractivity contribution in [3.05, 3.63) is 34.8 Å². The second-order valence-corrected chi connectivity index (χ2v) is 4.20. The van der Waals surface area contributed by atoms with Crippen molar-refractivity contribution < 1.29 is 4.79 Å². The molecule has 0 fully saturated rings. The molecule has 0 saturated heterocycles. The number of amides is 2. The Morgan fingerprint density at radius 2 is 2.00 bits per heavy atom. The number of carbonyl (C=O) groups is 1. The maximum absolute atomic E-state index is 11.7. The van der Waals surface area contributed by atoms with Crippen molar-refractivity contribution in [1.82, 2.24) is 15.2 Å². The van der Waals surface area contributed by atoms with Crippen molar-refractivity contribution in [2.24, 2.45) is 0 Å². The highest BCUT2D eigenvalue weighted by Gasteiger charge is 2.14. The molecule has 0 radical (unpaired) electrons. The van der Waals surface area contributed by atoms with Gasteiger partial charge in [0, 0.05) is 35.1 Å². The first kappa shape index (κ1) is 9.96. The largest absolute Gasteiger partial charge is 0.353 e. The van der Waals surface area contributed by atoms with Gasteiger partial charge in [-0.15, -0.1) is 0 Å². The van der Waals surface area contributed by atoms with Gasteiger partial charge in [0.25, 0.3) is 0 Å². The molecule has 0 unspecified atom stereocenters. The van der Waals surface area contributed by atoms with Gasteiger partial charge in [-0.25, -0.2) is 4.79 Å². The molecule has 0 atom stereocenters. The lowest BCUT2D eigenvalue weighted by Crippen LogP contribution is -2.33. The number of benzene rings is 1. The third-order valence-corrected chi connectivity index (χ3v) is 3.26. The first-order valence-electron chi connectivity index (χ1n) is 5.50. The summed E-state index contributed by atoms with van der Waals surface area (Å²) in [5, 5.41) is 5.93. The van der Waals surface area contributed by atoms with Crippen LogP contribution in [-0.4, -0.2) is 23.0 Å². The minimum Gasteiger partial charge on any atom is -0.353 e. The molecule has 1 aliphatic rings. The van der Waals surface area contributed by atoms with Crippen LogP contribution in [0.5, 0.6) is 0 Å². The Morgan fingerprint density at radius 3 is 2.82 bits per heavy atom. The zero-order valence-electron chi connectivity index (χ0n) is 9.74. The molecule has 86 valence electrons. The van der Waals surface area contributed by atoms with E-state index in [1.807, 2.05) is 31.2 Å². The lowest BCUT2D eigenvalue weighted by molar-refractivity contribution is 0.229. The van der Waals surface area contributed by atoms with Gasteiger partial charge in [-0.05, 0) is 13.0 Å². The number of aromatic amines is 1. The lowest BCUT2D eigenvalue weighted by atomic mass is 10.2. The Morgan fingerprint density at radius 1 is 1.24 bits per heavy atom. The van der Waals surface area contributed by atoms with E-state index in [0.29, 0.717) is 0 Å². The fourth-order valence-corrected chi connectivity index (χ4v) is 2.15. The van der Waals surface area contributed by atoms with Crippen molar-refractivity contribution >= 4 is 28.8 Å². The summed E-state index contributed by atoms with van der Waals surface area (Å²) in [6, 6.07) is 7.96. The van der Waals surface area contributed by atoms with E-state index in [4.69, 9.17) is 0 Å². The summed E-state index contributed by atoms with van der Waals surface area (Å²) >= 11 is 0. The van der Waals surface area contributed by atoms with Crippen LogP contribution in [-0.2, 0) is 0 Å². The third kappa shape index (κ3) is 1.34. The minimum absolute atomic E-state index is 0.115. The summed E-state index contributed by atoms with van der Waals surface area (Å²) < 4.78 is 0. The number of para-hydroxylation sites is 1. The summed E-state index contributed by atoms with van der Waals surface area (Å²) in [5.41, 5.74) is 2.00. The molecule has 0 aliphatic carbocycles. The van der Waals surface area contributed by atoms with Gasteiger partial charge in [-0.3, -0.25) is 4.90 Å². The van der Waals surface area contributed by atoms with E-state index in [0.717, 1.165) is 27.2 Å². The molecule has 0 saturated carbocycles. The molecule has 4 nitrogen and oxygen atoms in total. The molecule has 1 aliphatic heterocycles. The van der Waals surface area contributed by atoms with Gasteiger partial charge in [0.15, 0.2) is 0 Å². The standard InChI is InChI=1S/C13H13N3O/c1-8-12-10(7-14-13(17)16(8)2)9-5-3-4-6-11(9)15-12/h3-7,15H,1-2H3,(H,14,17). The Balaban J connectivity index is 2.52. The highest BCUT2D eigenvalue weighted by atomic mass is 16.2. The second kappa shape index (κ2) is 3.38. The van der Waals surface area contributed by atoms with Crippen LogP contribution >= 0.6 is 0 Å². The van der Waals surface area contributed by atoms with E-state index >= 15 is 0 Å². The maximum atomic E-state index is 11.7. The molecule has 0 bridgehead atoms. The van der Waals surface area contributed by atoms with Crippen molar-refractivity contribution in [2.75, 3.05) is 7.05 Å². The molecule has 1 aromatic carbocycles. The van der Waals surface area contributed by atoms with Crippen molar-refractivity contribution in [2.45, 2.75) is 6.92 Å². The summed E-state index contributed by atoms with van der Waals surface area (Å²) in [6.45, 7) is 1.94. The van der Waals surface area contributed by atoms with E-state index in [1.165, 1.54) is 0 Å². The highest BCUT2D eigenvalue weighted by Crippen LogP contribution is 2.07. The van der Waals surface area contributed by atoms with Crippen LogP contribution in [0.3, 0.4) is 0 Å². The number of urea groups is 1. The smallest absolute Gasteiger partial charge is 0.325 e. The third-order valence-electron chi connectivity index (χ3n) is 3.26. The Bertz CT molecular complexity index is 727. The first-order chi connectivity index (χ1) is 8.18. The van der Waals surface area contributed by atoms with Crippen LogP contribution in [0.25, 0.3) is 22.8 Å². The van der Waals surface area contributed by atoms with E-state index < -0.39 is 0 Å². The minimum atomic E-state index is -0.115. The number of nitrogens with zero attached hydrogens (tertiary/aromatic N) is 1. The zero-order chi connectivity index (χ0) is 12.0. The van der Waals surface area contributed by atoms with Gasteiger partial charge in [-0.1, -0.05) is 18.2 Å². The molecule has 2 aromatic rings. The van der Waals surface area contributed by atoms with Gasteiger partial charge >= 0.3 is 6.03 Å². The second-order valence-electron chi connectivity index (χ2n) is 4.20. The fourth-order valence-electron chi connectivity index (χ4n) is 2.15. The number of fused-ring (bicyclic) bond motifs is 3. The zero-order valence-corrected chi connectivity index (χ0v) is 9.74. The van der Waals surface area contributed by atoms with Crippen LogP contribution in [0, 0.1) is 0 Å². The summed E-state index contributed by atoms with van der Waals surface area (Å²) in [4.78, 5) is 16.6. The molecule has 2 heterocycles. The summed E-state index contributed by atoms with van der Waals surface area (Å²) in [7, 11) is 1.76. The molecule has 4 heteroatoms. The van der Waals surface area contributed by atoms with Crippen molar-refractivity contribution in [3.8, 4) is 0 Å².